The minimum absolute atomic E-state index is 0.807. The van der Waals surface area contributed by atoms with Gasteiger partial charge in [0.2, 0.25) is 0 Å². The van der Waals surface area contributed by atoms with Crippen LogP contribution < -0.4 is 0 Å². The lowest BCUT2D eigenvalue weighted by atomic mass is 9.73. The summed E-state index contributed by atoms with van der Waals surface area (Å²) in [7, 11) is 2.25. The zero-order valence-electron chi connectivity index (χ0n) is 12.0. The molecule has 1 aromatic carbocycles. The molecule has 1 aliphatic heterocycles. The molecule has 2 heterocycles. The molecule has 1 fully saturated rings. The highest BCUT2D eigenvalue weighted by molar-refractivity contribution is 5.64. The molecule has 3 heteroatoms. The number of likely N-dealkylation sites (tertiary alicyclic amines) is 1. The smallest absolute Gasteiger partial charge is 0.0955 e. The van der Waals surface area contributed by atoms with Crippen LogP contribution in [0.25, 0.3) is 11.3 Å². The summed E-state index contributed by atoms with van der Waals surface area (Å²) in [5.74, 6) is 1.66. The highest BCUT2D eigenvalue weighted by Gasteiger charge is 2.34. The van der Waals surface area contributed by atoms with E-state index in [1.807, 2.05) is 0 Å². The maximum Gasteiger partial charge on any atom is 0.0955 e. The fraction of sp³-hybridized carbons (Fsp3) is 0.471. The molecule has 2 aromatic rings. The largest absolute Gasteiger partial charge is 0.306 e. The number of H-pyrrole nitrogens is 1. The first kappa shape index (κ1) is 12.2. The van der Waals surface area contributed by atoms with E-state index in [1.54, 1.807) is 0 Å². The van der Waals surface area contributed by atoms with Crippen molar-refractivity contribution in [3.63, 3.8) is 0 Å². The Morgan fingerprint density at radius 3 is 2.85 bits per heavy atom. The van der Waals surface area contributed by atoms with Gasteiger partial charge < -0.3 is 4.90 Å². The van der Waals surface area contributed by atoms with Crippen LogP contribution in [-0.4, -0.2) is 35.2 Å². The molecule has 1 aliphatic carbocycles. The van der Waals surface area contributed by atoms with Gasteiger partial charge in [-0.05, 0) is 44.7 Å². The number of aromatic amines is 1. The average Bonchev–Trinajstić information content (AvgIpc) is 2.88. The molecule has 0 bridgehead atoms. The number of hydrogen-bond donors (Lipinski definition) is 1. The number of nitrogens with zero attached hydrogens (tertiary/aromatic N) is 2. The fourth-order valence-electron chi connectivity index (χ4n) is 3.91. The summed E-state index contributed by atoms with van der Waals surface area (Å²) in [6, 6.07) is 10.6. The van der Waals surface area contributed by atoms with Crippen molar-refractivity contribution < 1.29 is 0 Å². The van der Waals surface area contributed by atoms with E-state index in [9.17, 15) is 0 Å². The van der Waals surface area contributed by atoms with Crippen molar-refractivity contribution in [2.45, 2.75) is 19.3 Å². The zero-order chi connectivity index (χ0) is 13.5. The van der Waals surface area contributed by atoms with Gasteiger partial charge in [0.05, 0.1) is 5.69 Å². The molecule has 1 N–H and O–H groups in total. The van der Waals surface area contributed by atoms with E-state index >= 15 is 0 Å². The maximum absolute atomic E-state index is 4.61. The van der Waals surface area contributed by atoms with Crippen molar-refractivity contribution in [1.29, 1.82) is 0 Å². The number of hydrogen-bond acceptors (Lipinski definition) is 2. The third kappa shape index (κ3) is 1.97. The third-order valence-electron chi connectivity index (χ3n) is 5.03. The van der Waals surface area contributed by atoms with Crippen LogP contribution in [0.15, 0.2) is 30.3 Å². The van der Waals surface area contributed by atoms with E-state index in [4.69, 9.17) is 0 Å². The van der Waals surface area contributed by atoms with Crippen LogP contribution in [0, 0.1) is 11.8 Å². The molecule has 0 amide bonds. The second kappa shape index (κ2) is 4.74. The molecule has 1 aromatic heterocycles. The first-order valence-corrected chi connectivity index (χ1v) is 7.61. The highest BCUT2D eigenvalue weighted by Crippen LogP contribution is 2.38. The summed E-state index contributed by atoms with van der Waals surface area (Å²) in [6.45, 7) is 2.49. The average molecular weight is 267 g/mol. The maximum atomic E-state index is 4.61. The molecule has 1 saturated heterocycles. The normalized spacial score (nSPS) is 26.1. The second-order valence-electron chi connectivity index (χ2n) is 6.37. The Bertz CT molecular complexity index is 602. The molecular weight excluding hydrogens is 246 g/mol. The Kier molecular flexibility index (Phi) is 2.88. The first-order valence-electron chi connectivity index (χ1n) is 7.61. The van der Waals surface area contributed by atoms with Gasteiger partial charge in [0.25, 0.3) is 0 Å². The summed E-state index contributed by atoms with van der Waals surface area (Å²) in [5, 5.41) is 7.91. The molecular formula is C17H21N3. The lowest BCUT2D eigenvalue weighted by molar-refractivity contribution is 0.134. The van der Waals surface area contributed by atoms with E-state index < -0.39 is 0 Å². The topological polar surface area (TPSA) is 31.9 Å². The van der Waals surface area contributed by atoms with E-state index in [1.165, 1.54) is 54.9 Å². The van der Waals surface area contributed by atoms with Crippen molar-refractivity contribution in [2.24, 2.45) is 11.8 Å². The van der Waals surface area contributed by atoms with E-state index in [0.29, 0.717) is 0 Å². The molecule has 0 saturated carbocycles. The number of aromatic nitrogens is 2. The van der Waals surface area contributed by atoms with E-state index in [2.05, 4.69) is 52.5 Å². The summed E-state index contributed by atoms with van der Waals surface area (Å²) in [5.41, 5.74) is 5.27. The summed E-state index contributed by atoms with van der Waals surface area (Å²) in [6.07, 6.45) is 3.71. The van der Waals surface area contributed by atoms with Gasteiger partial charge in [-0.15, -0.1) is 0 Å². The van der Waals surface area contributed by atoms with Gasteiger partial charge in [-0.3, -0.25) is 5.10 Å². The summed E-state index contributed by atoms with van der Waals surface area (Å²) >= 11 is 0. The van der Waals surface area contributed by atoms with Gasteiger partial charge in [-0.2, -0.15) is 5.10 Å². The van der Waals surface area contributed by atoms with Crippen LogP contribution in [0.1, 0.15) is 17.7 Å². The van der Waals surface area contributed by atoms with Gasteiger partial charge >= 0.3 is 0 Å². The van der Waals surface area contributed by atoms with Crippen molar-refractivity contribution in [3.8, 4) is 11.3 Å². The molecule has 104 valence electrons. The predicted octanol–water partition coefficient (Wildman–Crippen LogP) is 2.74. The van der Waals surface area contributed by atoms with Crippen LogP contribution >= 0.6 is 0 Å². The quantitative estimate of drug-likeness (QED) is 0.861. The first-order chi connectivity index (χ1) is 9.81. The number of piperidine rings is 1. The lowest BCUT2D eigenvalue weighted by Crippen LogP contribution is -2.41. The van der Waals surface area contributed by atoms with Gasteiger partial charge in [0.1, 0.15) is 0 Å². The molecule has 3 nitrogen and oxygen atoms in total. The fourth-order valence-corrected chi connectivity index (χ4v) is 3.91. The van der Waals surface area contributed by atoms with Crippen molar-refractivity contribution >= 4 is 0 Å². The number of rotatable bonds is 1. The molecule has 4 rings (SSSR count). The molecule has 0 spiro atoms. The van der Waals surface area contributed by atoms with Gasteiger partial charge in [-0.25, -0.2) is 0 Å². The van der Waals surface area contributed by atoms with E-state index in [0.717, 1.165) is 11.8 Å². The lowest BCUT2D eigenvalue weighted by Gasteiger charge is -2.39. The number of benzene rings is 1. The summed E-state index contributed by atoms with van der Waals surface area (Å²) in [4.78, 5) is 2.48. The Balaban J connectivity index is 1.69. The van der Waals surface area contributed by atoms with Crippen LogP contribution in [0.4, 0.5) is 0 Å². The Labute approximate surface area is 120 Å². The zero-order valence-corrected chi connectivity index (χ0v) is 12.0. The van der Waals surface area contributed by atoms with Crippen LogP contribution in [0.5, 0.6) is 0 Å². The number of fused-ring (bicyclic) bond motifs is 2. The highest BCUT2D eigenvalue weighted by atomic mass is 15.1. The Morgan fingerprint density at radius 1 is 1.15 bits per heavy atom. The Hall–Kier alpha value is -1.61. The van der Waals surface area contributed by atoms with Crippen LogP contribution in [0.3, 0.4) is 0 Å². The standard InChI is InChI=1S/C17H21N3/c1-20-8-7-13-10-16-15(9-14(13)11-20)17(19-18-16)12-5-3-2-4-6-12/h2-6,13-14H,7-11H2,1H3,(H,18,19). The SMILES string of the molecule is CN1CCC2Cc3[nH]nc(-c4ccccc4)c3CC2C1. The van der Waals surface area contributed by atoms with Gasteiger partial charge in [0, 0.05) is 23.4 Å². The minimum atomic E-state index is 0.807. The monoisotopic (exact) mass is 267 g/mol. The summed E-state index contributed by atoms with van der Waals surface area (Å²) < 4.78 is 0. The van der Waals surface area contributed by atoms with Crippen LogP contribution in [-0.2, 0) is 12.8 Å². The number of nitrogens with one attached hydrogen (secondary N) is 1. The van der Waals surface area contributed by atoms with Crippen molar-refractivity contribution in [1.82, 2.24) is 15.1 Å². The minimum Gasteiger partial charge on any atom is -0.306 e. The molecule has 0 radical (unpaired) electrons. The van der Waals surface area contributed by atoms with Gasteiger partial charge in [0.15, 0.2) is 0 Å². The van der Waals surface area contributed by atoms with Crippen LogP contribution in [0.2, 0.25) is 0 Å². The predicted molar refractivity (Wildman–Crippen MR) is 80.5 cm³/mol. The second-order valence-corrected chi connectivity index (χ2v) is 6.37. The molecule has 2 aliphatic rings. The molecule has 20 heavy (non-hydrogen) atoms. The van der Waals surface area contributed by atoms with Crippen molar-refractivity contribution in [3.05, 3.63) is 41.6 Å². The third-order valence-corrected chi connectivity index (χ3v) is 5.03. The van der Waals surface area contributed by atoms with Gasteiger partial charge in [-0.1, -0.05) is 30.3 Å². The molecule has 2 unspecified atom stereocenters. The van der Waals surface area contributed by atoms with Crippen molar-refractivity contribution in [2.75, 3.05) is 20.1 Å². The Morgan fingerprint density at radius 2 is 2.00 bits per heavy atom. The van der Waals surface area contributed by atoms with E-state index in [-0.39, 0.29) is 0 Å². The molecule has 2 atom stereocenters.